The number of nitrogens with zero attached hydrogens (tertiary/aromatic N) is 2. The number of aryl methyl sites for hydroxylation is 1. The number of amides is 1. The van der Waals surface area contributed by atoms with Crippen molar-refractivity contribution < 1.29 is 14.5 Å². The molecule has 0 spiro atoms. The van der Waals surface area contributed by atoms with E-state index in [1.54, 1.807) is 13.1 Å². The van der Waals surface area contributed by atoms with Crippen LogP contribution in [0.15, 0.2) is 48.5 Å². The molecule has 6 nitrogen and oxygen atoms in total. The van der Waals surface area contributed by atoms with Gasteiger partial charge in [-0.1, -0.05) is 30.3 Å². The molecule has 0 unspecified atom stereocenters. The topological polar surface area (TPSA) is 72.7 Å². The second kappa shape index (κ2) is 7.40. The number of carbonyl (C=O) groups excluding carboxylic acids is 1. The third-order valence-electron chi connectivity index (χ3n) is 3.46. The standard InChI is InChI=1S/C17H18N2O4/c1-13-7-3-6-10-16(13)23-12-11-18(2)17(20)14-8-4-5-9-15(14)19(21)22/h3-10H,11-12H2,1-2H3. The summed E-state index contributed by atoms with van der Waals surface area (Å²) in [6, 6.07) is 13.5. The zero-order valence-corrected chi connectivity index (χ0v) is 13.1. The maximum atomic E-state index is 12.3. The molecule has 0 radical (unpaired) electrons. The number of hydrogen-bond donors (Lipinski definition) is 0. The van der Waals surface area contributed by atoms with E-state index in [-0.39, 0.29) is 11.3 Å². The van der Waals surface area contributed by atoms with Crippen LogP contribution in [0, 0.1) is 17.0 Å². The number of likely N-dealkylation sites (N-methyl/N-ethyl adjacent to an activating group) is 1. The fraction of sp³-hybridized carbons (Fsp3) is 0.235. The second-order valence-corrected chi connectivity index (χ2v) is 5.11. The van der Waals surface area contributed by atoms with Gasteiger partial charge in [0.25, 0.3) is 11.6 Å². The highest BCUT2D eigenvalue weighted by molar-refractivity contribution is 5.97. The van der Waals surface area contributed by atoms with Gasteiger partial charge in [-0.2, -0.15) is 0 Å². The average molecular weight is 314 g/mol. The molecule has 120 valence electrons. The van der Waals surface area contributed by atoms with Gasteiger partial charge >= 0.3 is 0 Å². The number of para-hydroxylation sites is 2. The van der Waals surface area contributed by atoms with Crippen molar-refractivity contribution in [3.8, 4) is 5.75 Å². The Balaban J connectivity index is 1.98. The van der Waals surface area contributed by atoms with E-state index in [0.717, 1.165) is 11.3 Å². The van der Waals surface area contributed by atoms with Crippen LogP contribution in [0.25, 0.3) is 0 Å². The van der Waals surface area contributed by atoms with Crippen molar-refractivity contribution in [3.63, 3.8) is 0 Å². The number of rotatable bonds is 6. The van der Waals surface area contributed by atoms with Gasteiger partial charge in [-0.25, -0.2) is 0 Å². The van der Waals surface area contributed by atoms with Crippen LogP contribution in [0.4, 0.5) is 5.69 Å². The maximum Gasteiger partial charge on any atom is 0.282 e. The molecule has 0 aliphatic heterocycles. The number of benzene rings is 2. The van der Waals surface area contributed by atoms with Crippen LogP contribution in [-0.2, 0) is 0 Å². The van der Waals surface area contributed by atoms with Gasteiger partial charge in [0.1, 0.15) is 17.9 Å². The van der Waals surface area contributed by atoms with Crippen LogP contribution in [-0.4, -0.2) is 35.9 Å². The van der Waals surface area contributed by atoms with E-state index in [9.17, 15) is 14.9 Å². The van der Waals surface area contributed by atoms with Gasteiger partial charge in [-0.05, 0) is 24.6 Å². The molecule has 2 aromatic rings. The summed E-state index contributed by atoms with van der Waals surface area (Å²) in [4.78, 5) is 24.2. The molecule has 2 aromatic carbocycles. The average Bonchev–Trinajstić information content (AvgIpc) is 2.55. The quantitative estimate of drug-likeness (QED) is 0.607. The van der Waals surface area contributed by atoms with Crippen molar-refractivity contribution in [3.05, 3.63) is 69.8 Å². The zero-order chi connectivity index (χ0) is 16.8. The summed E-state index contributed by atoms with van der Waals surface area (Å²) in [5.41, 5.74) is 0.903. The third kappa shape index (κ3) is 4.06. The van der Waals surface area contributed by atoms with Crippen molar-refractivity contribution in [1.29, 1.82) is 0 Å². The Kier molecular flexibility index (Phi) is 5.30. The number of ether oxygens (including phenoxy) is 1. The van der Waals surface area contributed by atoms with Gasteiger partial charge < -0.3 is 9.64 Å². The Morgan fingerprint density at radius 2 is 1.83 bits per heavy atom. The normalized spacial score (nSPS) is 10.2. The number of hydrogen-bond acceptors (Lipinski definition) is 4. The maximum absolute atomic E-state index is 12.3. The van der Waals surface area contributed by atoms with Gasteiger partial charge in [0, 0.05) is 13.1 Å². The zero-order valence-electron chi connectivity index (χ0n) is 13.1. The molecule has 0 N–H and O–H groups in total. The van der Waals surface area contributed by atoms with Crippen molar-refractivity contribution >= 4 is 11.6 Å². The fourth-order valence-electron chi connectivity index (χ4n) is 2.13. The van der Waals surface area contributed by atoms with Crippen LogP contribution < -0.4 is 4.74 Å². The fourth-order valence-corrected chi connectivity index (χ4v) is 2.13. The lowest BCUT2D eigenvalue weighted by atomic mass is 10.1. The summed E-state index contributed by atoms with van der Waals surface area (Å²) >= 11 is 0. The number of nitro groups is 1. The van der Waals surface area contributed by atoms with Crippen LogP contribution in [0.5, 0.6) is 5.75 Å². The summed E-state index contributed by atoms with van der Waals surface area (Å²) in [7, 11) is 1.60. The molecule has 0 saturated carbocycles. The highest BCUT2D eigenvalue weighted by atomic mass is 16.6. The Labute approximate surface area is 134 Å². The summed E-state index contributed by atoms with van der Waals surface area (Å²) in [6.45, 7) is 2.59. The molecular formula is C17H18N2O4. The third-order valence-corrected chi connectivity index (χ3v) is 3.46. The SMILES string of the molecule is Cc1ccccc1OCCN(C)C(=O)c1ccccc1[N+](=O)[O-]. The molecule has 23 heavy (non-hydrogen) atoms. The minimum atomic E-state index is -0.551. The first-order chi connectivity index (χ1) is 11.0. The number of carbonyl (C=O) groups is 1. The predicted molar refractivity (Wildman–Crippen MR) is 86.7 cm³/mol. The molecule has 6 heteroatoms. The lowest BCUT2D eigenvalue weighted by Crippen LogP contribution is -2.31. The summed E-state index contributed by atoms with van der Waals surface area (Å²) in [5.74, 6) is 0.365. The van der Waals surface area contributed by atoms with Crippen LogP contribution in [0.1, 0.15) is 15.9 Å². The molecule has 0 atom stereocenters. The minimum Gasteiger partial charge on any atom is -0.491 e. The Morgan fingerprint density at radius 1 is 1.17 bits per heavy atom. The highest BCUT2D eigenvalue weighted by Crippen LogP contribution is 2.19. The van der Waals surface area contributed by atoms with Gasteiger partial charge in [0.15, 0.2) is 0 Å². The Morgan fingerprint density at radius 3 is 2.52 bits per heavy atom. The van der Waals surface area contributed by atoms with Gasteiger partial charge in [-0.3, -0.25) is 14.9 Å². The Bertz CT molecular complexity index is 715. The summed E-state index contributed by atoms with van der Waals surface area (Å²) < 4.78 is 5.64. The second-order valence-electron chi connectivity index (χ2n) is 5.11. The van der Waals surface area contributed by atoms with Crippen molar-refractivity contribution in [2.75, 3.05) is 20.2 Å². The molecule has 0 heterocycles. The Hall–Kier alpha value is -2.89. The summed E-state index contributed by atoms with van der Waals surface area (Å²) in [5, 5.41) is 11.0. The molecular weight excluding hydrogens is 296 g/mol. The van der Waals surface area contributed by atoms with Gasteiger partial charge in [0.2, 0.25) is 0 Å². The van der Waals surface area contributed by atoms with E-state index >= 15 is 0 Å². The first-order valence-electron chi connectivity index (χ1n) is 7.18. The molecule has 1 amide bonds. The van der Waals surface area contributed by atoms with Crippen molar-refractivity contribution in [2.24, 2.45) is 0 Å². The first kappa shape index (κ1) is 16.5. The number of nitro benzene ring substituents is 1. The van der Waals surface area contributed by atoms with E-state index in [4.69, 9.17) is 4.74 Å². The molecule has 0 fully saturated rings. The van der Waals surface area contributed by atoms with E-state index in [1.165, 1.54) is 23.1 Å². The van der Waals surface area contributed by atoms with Crippen molar-refractivity contribution in [1.82, 2.24) is 4.90 Å². The lowest BCUT2D eigenvalue weighted by Gasteiger charge is -2.18. The highest BCUT2D eigenvalue weighted by Gasteiger charge is 2.21. The smallest absolute Gasteiger partial charge is 0.282 e. The largest absolute Gasteiger partial charge is 0.491 e. The van der Waals surface area contributed by atoms with E-state index in [2.05, 4.69) is 0 Å². The lowest BCUT2D eigenvalue weighted by molar-refractivity contribution is -0.385. The van der Waals surface area contributed by atoms with Crippen molar-refractivity contribution in [2.45, 2.75) is 6.92 Å². The molecule has 2 rings (SSSR count). The van der Waals surface area contributed by atoms with Crippen LogP contribution in [0.3, 0.4) is 0 Å². The first-order valence-corrected chi connectivity index (χ1v) is 7.18. The van der Waals surface area contributed by atoms with Gasteiger partial charge in [0.05, 0.1) is 11.5 Å². The van der Waals surface area contributed by atoms with Gasteiger partial charge in [-0.15, -0.1) is 0 Å². The monoisotopic (exact) mass is 314 g/mol. The van der Waals surface area contributed by atoms with Crippen LogP contribution >= 0.6 is 0 Å². The molecule has 0 aliphatic carbocycles. The van der Waals surface area contributed by atoms with E-state index < -0.39 is 10.8 Å². The molecule has 0 bridgehead atoms. The van der Waals surface area contributed by atoms with E-state index in [0.29, 0.717) is 13.2 Å². The molecule has 0 aromatic heterocycles. The van der Waals surface area contributed by atoms with Crippen LogP contribution in [0.2, 0.25) is 0 Å². The minimum absolute atomic E-state index is 0.0795. The summed E-state index contributed by atoms with van der Waals surface area (Å²) in [6.07, 6.45) is 0. The molecule has 0 saturated heterocycles. The molecule has 0 aliphatic rings. The van der Waals surface area contributed by atoms with E-state index in [1.807, 2.05) is 31.2 Å². The predicted octanol–water partition coefficient (Wildman–Crippen LogP) is 3.05.